The lowest BCUT2D eigenvalue weighted by Crippen LogP contribution is -2.72. The van der Waals surface area contributed by atoms with Crippen molar-refractivity contribution in [3.8, 4) is 0 Å². The Morgan fingerprint density at radius 3 is 1.43 bits per heavy atom. The highest BCUT2D eigenvalue weighted by atomic mass is 16.8. The molecule has 0 unspecified atom stereocenters. The minimum atomic E-state index is -2.58. The molecule has 0 rings (SSSR count). The van der Waals surface area contributed by atoms with Gasteiger partial charge in [0.15, 0.2) is 0 Å². The number of carboxylic acid groups (broad SMARTS) is 1. The molecule has 30 heavy (non-hydrogen) atoms. The third kappa shape index (κ3) is 8.13. The van der Waals surface area contributed by atoms with Gasteiger partial charge in [-0.1, -0.05) is 51.9 Å². The summed E-state index contributed by atoms with van der Waals surface area (Å²) < 4.78 is 27.2. The first kappa shape index (κ1) is 28.8. The number of esters is 1. The van der Waals surface area contributed by atoms with Crippen LogP contribution in [0.5, 0.6) is 0 Å². The zero-order valence-electron chi connectivity index (χ0n) is 19.5. The molecule has 0 saturated carbocycles. The first-order valence-corrected chi connectivity index (χ1v) is 11.4. The molecule has 0 aliphatic carbocycles. The van der Waals surface area contributed by atoms with Crippen LogP contribution in [0.25, 0.3) is 0 Å². The first-order chi connectivity index (χ1) is 14.4. The molecule has 0 aromatic rings. The van der Waals surface area contributed by atoms with Crippen LogP contribution in [-0.4, -0.2) is 56.5 Å². The number of ether oxygens (including phenoxy) is 5. The molecule has 0 bridgehead atoms. The van der Waals surface area contributed by atoms with Gasteiger partial charge in [0.05, 0.1) is 6.61 Å². The van der Waals surface area contributed by atoms with Gasteiger partial charge in [0.25, 0.3) is 5.79 Å². The lowest BCUT2D eigenvalue weighted by molar-refractivity contribution is -0.421. The van der Waals surface area contributed by atoms with E-state index in [1.807, 2.05) is 0 Å². The van der Waals surface area contributed by atoms with Crippen molar-refractivity contribution in [2.24, 2.45) is 0 Å². The van der Waals surface area contributed by atoms with Gasteiger partial charge in [0.1, 0.15) is 5.97 Å². The Morgan fingerprint density at radius 1 is 0.633 bits per heavy atom. The minimum absolute atomic E-state index is 0.0258. The van der Waals surface area contributed by atoms with Crippen LogP contribution >= 0.6 is 0 Å². The molecular weight excluding hydrogens is 392 g/mol. The number of aliphatic carboxylic acids is 1. The van der Waals surface area contributed by atoms with Crippen LogP contribution in [-0.2, 0) is 33.3 Å². The number of carboxylic acids is 1. The van der Waals surface area contributed by atoms with Crippen molar-refractivity contribution in [3.63, 3.8) is 0 Å². The fourth-order valence-corrected chi connectivity index (χ4v) is 3.28. The Balaban J connectivity index is 5.21. The maximum absolute atomic E-state index is 13.0. The van der Waals surface area contributed by atoms with E-state index < -0.39 is 23.5 Å². The minimum Gasteiger partial charge on any atom is -0.544 e. The van der Waals surface area contributed by atoms with E-state index in [0.29, 0.717) is 6.42 Å². The number of hydrogen-bond donors (Lipinski definition) is 0. The molecule has 0 atom stereocenters. The Hall–Kier alpha value is -1.22. The number of rotatable bonds is 20. The van der Waals surface area contributed by atoms with Crippen molar-refractivity contribution in [2.75, 3.05) is 33.0 Å². The van der Waals surface area contributed by atoms with E-state index in [4.69, 9.17) is 23.7 Å². The third-order valence-corrected chi connectivity index (χ3v) is 4.59. The van der Waals surface area contributed by atoms with Gasteiger partial charge in [-0.05, 0) is 34.1 Å². The Bertz CT molecular complexity index is 454. The van der Waals surface area contributed by atoms with Crippen LogP contribution in [0.2, 0.25) is 0 Å². The van der Waals surface area contributed by atoms with E-state index in [9.17, 15) is 14.7 Å². The molecular formula is C22H41O8-. The first-order valence-electron chi connectivity index (χ1n) is 11.4. The standard InChI is InChI=1S/C22H42O8/c1-6-11-12-13-14-15-16-17-18-26-20(25)22(29-9-4,30-10-5)21(19(23)24,27-7-2)28-8-3/h6-18H2,1-5H3,(H,23,24)/p-1. The zero-order valence-corrected chi connectivity index (χ0v) is 19.5. The summed E-state index contributed by atoms with van der Waals surface area (Å²) in [5, 5.41) is 12.1. The van der Waals surface area contributed by atoms with Gasteiger partial charge in [-0.15, -0.1) is 0 Å². The second kappa shape index (κ2) is 16.5. The van der Waals surface area contributed by atoms with Crippen LogP contribution in [0.1, 0.15) is 86.0 Å². The predicted octanol–water partition coefficient (Wildman–Crippen LogP) is 2.96. The molecule has 0 aromatic heterocycles. The smallest absolute Gasteiger partial charge is 0.373 e. The molecule has 0 aliphatic heterocycles. The van der Waals surface area contributed by atoms with E-state index >= 15 is 0 Å². The number of unbranched alkanes of at least 4 members (excludes halogenated alkanes) is 7. The quantitative estimate of drug-likeness (QED) is 0.164. The molecule has 0 fully saturated rings. The van der Waals surface area contributed by atoms with Crippen molar-refractivity contribution in [1.82, 2.24) is 0 Å². The molecule has 0 aromatic carbocycles. The normalized spacial score (nSPS) is 12.2. The molecule has 0 saturated heterocycles. The molecule has 0 aliphatic rings. The monoisotopic (exact) mass is 433 g/mol. The van der Waals surface area contributed by atoms with Gasteiger partial charge in [0, 0.05) is 26.4 Å². The van der Waals surface area contributed by atoms with Crippen LogP contribution < -0.4 is 5.11 Å². The van der Waals surface area contributed by atoms with Gasteiger partial charge in [0.2, 0.25) is 0 Å². The lowest BCUT2D eigenvalue weighted by Gasteiger charge is -2.45. The molecule has 8 heteroatoms. The van der Waals surface area contributed by atoms with Crippen LogP contribution in [0.4, 0.5) is 0 Å². The SMILES string of the molecule is CCCCCCCCCCOC(=O)C(OCC)(OCC)C(OCC)(OCC)C(=O)[O-]. The second-order valence-corrected chi connectivity index (χ2v) is 6.86. The Labute approximate surface area is 181 Å². The van der Waals surface area contributed by atoms with E-state index in [1.165, 1.54) is 25.7 Å². The summed E-state index contributed by atoms with van der Waals surface area (Å²) >= 11 is 0. The molecule has 0 amide bonds. The number of carbonyl (C=O) groups excluding carboxylic acids is 2. The van der Waals surface area contributed by atoms with Crippen molar-refractivity contribution in [1.29, 1.82) is 0 Å². The number of hydrogen-bond acceptors (Lipinski definition) is 8. The number of carbonyl (C=O) groups is 2. The van der Waals surface area contributed by atoms with Gasteiger partial charge in [-0.2, -0.15) is 0 Å². The molecule has 0 spiro atoms. The molecule has 0 heterocycles. The van der Waals surface area contributed by atoms with E-state index in [0.717, 1.165) is 19.3 Å². The van der Waals surface area contributed by atoms with E-state index in [2.05, 4.69) is 6.92 Å². The van der Waals surface area contributed by atoms with Crippen LogP contribution in [0.3, 0.4) is 0 Å². The van der Waals surface area contributed by atoms with Crippen LogP contribution in [0.15, 0.2) is 0 Å². The lowest BCUT2D eigenvalue weighted by atomic mass is 10.0. The van der Waals surface area contributed by atoms with Gasteiger partial charge < -0.3 is 33.6 Å². The summed E-state index contributed by atoms with van der Waals surface area (Å²) in [6.07, 6.45) is 8.72. The van der Waals surface area contributed by atoms with Crippen molar-refractivity contribution in [2.45, 2.75) is 97.6 Å². The summed E-state index contributed by atoms with van der Waals surface area (Å²) in [4.78, 5) is 25.1. The topological polar surface area (TPSA) is 103 Å². The highest BCUT2D eigenvalue weighted by molar-refractivity contribution is 5.89. The average molecular weight is 434 g/mol. The van der Waals surface area contributed by atoms with E-state index in [1.54, 1.807) is 27.7 Å². The third-order valence-electron chi connectivity index (χ3n) is 4.59. The van der Waals surface area contributed by atoms with Gasteiger partial charge in [-0.3, -0.25) is 0 Å². The maximum Gasteiger partial charge on any atom is 0.373 e. The summed E-state index contributed by atoms with van der Waals surface area (Å²) in [6.45, 7) is 8.49. The maximum atomic E-state index is 13.0. The molecule has 178 valence electrons. The van der Waals surface area contributed by atoms with Gasteiger partial charge in [-0.25, -0.2) is 4.79 Å². The largest absolute Gasteiger partial charge is 0.544 e. The molecule has 0 N–H and O–H groups in total. The zero-order chi connectivity index (χ0) is 22.9. The van der Waals surface area contributed by atoms with Crippen LogP contribution in [0, 0.1) is 0 Å². The van der Waals surface area contributed by atoms with E-state index in [-0.39, 0.29) is 33.0 Å². The Morgan fingerprint density at radius 2 is 1.03 bits per heavy atom. The highest BCUT2D eigenvalue weighted by Gasteiger charge is 2.64. The Kier molecular flexibility index (Phi) is 15.8. The summed E-state index contributed by atoms with van der Waals surface area (Å²) in [6, 6.07) is 0. The van der Waals surface area contributed by atoms with Gasteiger partial charge >= 0.3 is 11.8 Å². The molecule has 0 radical (unpaired) electrons. The average Bonchev–Trinajstić information content (AvgIpc) is 2.71. The second-order valence-electron chi connectivity index (χ2n) is 6.86. The summed E-state index contributed by atoms with van der Waals surface area (Å²) in [5.41, 5.74) is 0. The van der Waals surface area contributed by atoms with Crippen molar-refractivity contribution in [3.05, 3.63) is 0 Å². The summed E-state index contributed by atoms with van der Waals surface area (Å²) in [5.74, 6) is -7.78. The summed E-state index contributed by atoms with van der Waals surface area (Å²) in [7, 11) is 0. The fraction of sp³-hybridized carbons (Fsp3) is 0.909. The predicted molar refractivity (Wildman–Crippen MR) is 111 cm³/mol. The fourth-order valence-electron chi connectivity index (χ4n) is 3.28. The van der Waals surface area contributed by atoms with Crippen molar-refractivity contribution < 1.29 is 38.4 Å². The highest BCUT2D eigenvalue weighted by Crippen LogP contribution is 2.35. The van der Waals surface area contributed by atoms with Crippen molar-refractivity contribution >= 4 is 11.9 Å². The molecule has 8 nitrogen and oxygen atoms in total.